The largest absolute Gasteiger partial charge is 0.234 e. The second-order valence-corrected chi connectivity index (χ2v) is 9.99. The first-order valence-electron chi connectivity index (χ1n) is 10.4. The van der Waals surface area contributed by atoms with Gasteiger partial charge in [0.25, 0.3) is 0 Å². The molecule has 0 aromatic rings. The summed E-state index contributed by atoms with van der Waals surface area (Å²) in [5.74, 6) is 8.35. The molecular weight excluding hydrogens is 308 g/mol. The Labute approximate surface area is 152 Å². The number of fused-ring (bicyclic) bond motifs is 5. The summed E-state index contributed by atoms with van der Waals surface area (Å²) in [7, 11) is 0. The van der Waals surface area contributed by atoms with Crippen LogP contribution in [0.15, 0.2) is 12.2 Å². The van der Waals surface area contributed by atoms with Crippen LogP contribution in [0, 0.1) is 46.3 Å². The van der Waals surface area contributed by atoms with E-state index in [1.165, 1.54) is 57.8 Å². The summed E-state index contributed by atoms with van der Waals surface area (Å²) in [6.07, 6.45) is 15.1. The monoisotopic (exact) mass is 340 g/mol. The minimum absolute atomic E-state index is 0.333. The zero-order valence-electron chi connectivity index (χ0n) is 15.8. The molecule has 0 bridgehead atoms. The molecule has 0 spiro atoms. The minimum Gasteiger partial charge on any atom is -0.234 e. The summed E-state index contributed by atoms with van der Waals surface area (Å²) in [4.78, 5) is 21.7. The van der Waals surface area contributed by atoms with Gasteiger partial charge in [0, 0.05) is 12.2 Å². The topological polar surface area (TPSA) is 34.1 Å². The van der Waals surface area contributed by atoms with Crippen LogP contribution >= 0.6 is 0 Å². The molecule has 0 amide bonds. The van der Waals surface area contributed by atoms with Crippen molar-refractivity contribution in [3.63, 3.8) is 0 Å². The standard InChI is InChI=1S/C23H32O2/c1-22-12-8-21-19(20(22)6-4-17(22)10-14-25)5-3-18-15-16(9-13-24)7-11-23(18,21)2/h9-10,16-21H,3-8,11-12,15H2,1-2H3/t16?,17?,18?,19-,20-,21+,22+,23-/m0/s1. The highest BCUT2D eigenvalue weighted by Gasteiger charge is 2.59. The average Bonchev–Trinajstić information content (AvgIpc) is 2.93. The molecule has 25 heavy (non-hydrogen) atoms. The van der Waals surface area contributed by atoms with Crippen molar-refractivity contribution in [2.45, 2.75) is 71.6 Å². The Morgan fingerprint density at radius 1 is 0.800 bits per heavy atom. The molecule has 2 nitrogen and oxygen atoms in total. The highest BCUT2D eigenvalue weighted by molar-refractivity contribution is 5.46. The Hall–Kier alpha value is -1.10. The van der Waals surface area contributed by atoms with Crippen molar-refractivity contribution in [2.75, 3.05) is 0 Å². The van der Waals surface area contributed by atoms with Gasteiger partial charge in [-0.05, 0) is 104 Å². The summed E-state index contributed by atoms with van der Waals surface area (Å²) < 4.78 is 0. The predicted octanol–water partition coefficient (Wildman–Crippen LogP) is 5.04. The summed E-state index contributed by atoms with van der Waals surface area (Å²) >= 11 is 0. The van der Waals surface area contributed by atoms with Gasteiger partial charge in [-0.3, -0.25) is 0 Å². The van der Waals surface area contributed by atoms with Crippen molar-refractivity contribution in [3.05, 3.63) is 12.2 Å². The first kappa shape index (κ1) is 17.3. The molecule has 4 rings (SSSR count). The molecule has 4 saturated carbocycles. The van der Waals surface area contributed by atoms with Crippen LogP contribution in [0.4, 0.5) is 0 Å². The number of rotatable bonds is 2. The third kappa shape index (κ3) is 2.53. The lowest BCUT2D eigenvalue weighted by Crippen LogP contribution is -2.53. The van der Waals surface area contributed by atoms with Crippen LogP contribution in [-0.2, 0) is 9.59 Å². The quantitative estimate of drug-likeness (QED) is 0.660. The molecule has 0 heterocycles. The first-order chi connectivity index (χ1) is 12.0. The predicted molar refractivity (Wildman–Crippen MR) is 99.2 cm³/mol. The number of allylic oxidation sites excluding steroid dienone is 2. The molecule has 4 aliphatic carbocycles. The Balaban J connectivity index is 1.58. The molecule has 8 atom stereocenters. The molecule has 0 aliphatic heterocycles. The van der Waals surface area contributed by atoms with Gasteiger partial charge < -0.3 is 0 Å². The Morgan fingerprint density at radius 3 is 2.28 bits per heavy atom. The average molecular weight is 341 g/mol. The van der Waals surface area contributed by atoms with E-state index in [1.807, 2.05) is 12.0 Å². The SMILES string of the molecule is C[C@]12CCC(C=C=O)CC1CC[C@@H]1[C@H]2CC[C@]2(C)C(C=C=O)CC[C@@H]12. The molecule has 0 aromatic heterocycles. The van der Waals surface area contributed by atoms with Crippen molar-refractivity contribution >= 4 is 11.9 Å². The second-order valence-electron chi connectivity index (χ2n) is 9.99. The molecule has 0 N–H and O–H groups in total. The van der Waals surface area contributed by atoms with E-state index in [0.29, 0.717) is 22.7 Å². The summed E-state index contributed by atoms with van der Waals surface area (Å²) in [5, 5.41) is 0. The van der Waals surface area contributed by atoms with Gasteiger partial charge in [0.1, 0.15) is 11.9 Å². The first-order valence-corrected chi connectivity index (χ1v) is 10.4. The van der Waals surface area contributed by atoms with Gasteiger partial charge in [-0.15, -0.1) is 0 Å². The van der Waals surface area contributed by atoms with Crippen molar-refractivity contribution in [3.8, 4) is 0 Å². The fourth-order valence-electron chi connectivity index (χ4n) is 7.94. The Kier molecular flexibility index (Phi) is 4.33. The molecule has 0 aromatic carbocycles. The van der Waals surface area contributed by atoms with Crippen LogP contribution in [-0.4, -0.2) is 11.9 Å². The van der Waals surface area contributed by atoms with E-state index < -0.39 is 0 Å². The van der Waals surface area contributed by atoms with Crippen LogP contribution in [0.2, 0.25) is 0 Å². The number of hydrogen-bond acceptors (Lipinski definition) is 2. The summed E-state index contributed by atoms with van der Waals surface area (Å²) in [6, 6.07) is 0. The molecule has 136 valence electrons. The smallest absolute Gasteiger partial charge is 0.120 e. The Bertz CT molecular complexity index is 626. The third-order valence-electron chi connectivity index (χ3n) is 9.35. The maximum Gasteiger partial charge on any atom is 0.120 e. The van der Waals surface area contributed by atoms with Crippen molar-refractivity contribution < 1.29 is 9.59 Å². The van der Waals surface area contributed by atoms with Crippen molar-refractivity contribution in [2.24, 2.45) is 46.3 Å². The highest BCUT2D eigenvalue weighted by atomic mass is 16.1. The lowest BCUT2D eigenvalue weighted by molar-refractivity contribution is -0.112. The van der Waals surface area contributed by atoms with E-state index in [4.69, 9.17) is 0 Å². The van der Waals surface area contributed by atoms with Gasteiger partial charge in [-0.2, -0.15) is 0 Å². The maximum atomic E-state index is 11.0. The van der Waals surface area contributed by atoms with Crippen LogP contribution in [0.1, 0.15) is 71.6 Å². The van der Waals surface area contributed by atoms with Gasteiger partial charge in [-0.1, -0.05) is 13.8 Å². The number of carbonyl (C=O) groups excluding carboxylic acids is 2. The highest BCUT2D eigenvalue weighted by Crippen LogP contribution is 2.67. The molecule has 4 fully saturated rings. The lowest BCUT2D eigenvalue weighted by Gasteiger charge is -2.61. The molecule has 0 saturated heterocycles. The van der Waals surface area contributed by atoms with Crippen LogP contribution in [0.25, 0.3) is 0 Å². The van der Waals surface area contributed by atoms with Crippen LogP contribution in [0.3, 0.4) is 0 Å². The molecule has 4 aliphatic rings. The van der Waals surface area contributed by atoms with Crippen LogP contribution < -0.4 is 0 Å². The van der Waals surface area contributed by atoms with Crippen LogP contribution in [0.5, 0.6) is 0 Å². The van der Waals surface area contributed by atoms with Crippen molar-refractivity contribution in [1.29, 1.82) is 0 Å². The minimum atomic E-state index is 0.333. The van der Waals surface area contributed by atoms with Gasteiger partial charge in [-0.25, -0.2) is 9.59 Å². The van der Waals surface area contributed by atoms with Gasteiger partial charge >= 0.3 is 0 Å². The van der Waals surface area contributed by atoms with E-state index in [2.05, 4.69) is 19.8 Å². The van der Waals surface area contributed by atoms with Gasteiger partial charge in [0.15, 0.2) is 0 Å². The number of hydrogen-bond donors (Lipinski definition) is 0. The lowest BCUT2D eigenvalue weighted by atomic mass is 9.44. The molecule has 3 unspecified atom stereocenters. The van der Waals surface area contributed by atoms with E-state index in [1.54, 1.807) is 6.08 Å². The van der Waals surface area contributed by atoms with Crippen molar-refractivity contribution in [1.82, 2.24) is 0 Å². The Morgan fingerprint density at radius 2 is 1.52 bits per heavy atom. The zero-order valence-corrected chi connectivity index (χ0v) is 15.8. The summed E-state index contributed by atoms with van der Waals surface area (Å²) in [6.45, 7) is 5.02. The molecule has 0 radical (unpaired) electrons. The molecule has 2 heteroatoms. The van der Waals surface area contributed by atoms with E-state index in [9.17, 15) is 9.59 Å². The van der Waals surface area contributed by atoms with Gasteiger partial charge in [0.05, 0.1) is 0 Å². The van der Waals surface area contributed by atoms with Gasteiger partial charge in [0.2, 0.25) is 0 Å². The fourth-order valence-corrected chi connectivity index (χ4v) is 7.94. The fraction of sp³-hybridized carbons (Fsp3) is 0.826. The summed E-state index contributed by atoms with van der Waals surface area (Å²) in [5.41, 5.74) is 0.801. The van der Waals surface area contributed by atoms with E-state index in [0.717, 1.165) is 23.7 Å². The third-order valence-corrected chi connectivity index (χ3v) is 9.35. The zero-order chi connectivity index (χ0) is 17.7. The normalized spacial score (nSPS) is 51.3. The van der Waals surface area contributed by atoms with E-state index >= 15 is 0 Å². The molecular formula is C23H32O2. The van der Waals surface area contributed by atoms with E-state index in [-0.39, 0.29) is 0 Å². The second kappa shape index (κ2) is 6.26. The maximum absolute atomic E-state index is 11.0.